The van der Waals surface area contributed by atoms with Crippen LogP contribution in [0.1, 0.15) is 0 Å². The summed E-state index contributed by atoms with van der Waals surface area (Å²) in [5.74, 6) is 0. The summed E-state index contributed by atoms with van der Waals surface area (Å²) < 4.78 is 2.39. The van der Waals surface area contributed by atoms with Crippen molar-refractivity contribution in [2.24, 2.45) is 0 Å². The third-order valence-electron chi connectivity index (χ3n) is 10.8. The lowest BCUT2D eigenvalue weighted by Crippen LogP contribution is -2.11. The largest absolute Gasteiger partial charge is 0.310 e. The first kappa shape index (κ1) is 33.2. The van der Waals surface area contributed by atoms with Crippen LogP contribution < -0.4 is 4.90 Å². The zero-order chi connectivity index (χ0) is 37.3. The first-order valence-corrected chi connectivity index (χ1v) is 19.2. The van der Waals surface area contributed by atoms with Crippen LogP contribution in [0.2, 0.25) is 0 Å². The Balaban J connectivity index is 1.16. The van der Waals surface area contributed by atoms with Gasteiger partial charge in [-0.25, -0.2) is 0 Å². The molecule has 0 aliphatic carbocycles. The second-order valence-corrected chi connectivity index (χ2v) is 14.1. The molecule has 0 unspecified atom stereocenters. The van der Waals surface area contributed by atoms with Crippen LogP contribution in [0.4, 0.5) is 17.1 Å². The van der Waals surface area contributed by atoms with Crippen LogP contribution in [-0.2, 0) is 0 Å². The Hall–Kier alpha value is -7.42. The minimum Gasteiger partial charge on any atom is -0.310 e. The highest BCUT2D eigenvalue weighted by atomic mass is 15.1. The van der Waals surface area contributed by atoms with Gasteiger partial charge in [0.25, 0.3) is 0 Å². The Morgan fingerprint density at radius 3 is 1.45 bits per heavy atom. The second kappa shape index (κ2) is 14.4. The van der Waals surface area contributed by atoms with E-state index in [-0.39, 0.29) is 0 Å². The van der Waals surface area contributed by atoms with Crippen molar-refractivity contribution in [3.8, 4) is 50.2 Å². The van der Waals surface area contributed by atoms with Crippen LogP contribution in [0.5, 0.6) is 0 Å². The summed E-state index contributed by atoms with van der Waals surface area (Å²) >= 11 is 0. The smallest absolute Gasteiger partial charge is 0.0541 e. The number of hydrogen-bond donors (Lipinski definition) is 0. The quantitative estimate of drug-likeness (QED) is 0.152. The SMILES string of the molecule is c1ccc(-c2ccc(N(c3ccc(-c4cccc(-n5c6ccccc6c6ccccc65)c4)c(-c4ccccc4)c3)c3ccccc3-c3ccccc3)cc2)cc1. The maximum Gasteiger partial charge on any atom is 0.0541 e. The zero-order valence-electron chi connectivity index (χ0n) is 30.8. The molecule has 264 valence electrons. The van der Waals surface area contributed by atoms with Crippen molar-refractivity contribution < 1.29 is 0 Å². The van der Waals surface area contributed by atoms with E-state index in [1.54, 1.807) is 0 Å². The fourth-order valence-electron chi connectivity index (χ4n) is 8.18. The fraction of sp³-hybridized carbons (Fsp3) is 0. The first-order valence-electron chi connectivity index (χ1n) is 19.2. The number of aromatic nitrogens is 1. The molecular formula is C54H38N2. The van der Waals surface area contributed by atoms with E-state index >= 15 is 0 Å². The predicted octanol–water partition coefficient (Wildman–Crippen LogP) is 14.9. The Bertz CT molecular complexity index is 2890. The molecule has 0 aliphatic rings. The molecule has 0 N–H and O–H groups in total. The molecule has 0 aliphatic heterocycles. The maximum absolute atomic E-state index is 2.40. The third kappa shape index (κ3) is 6.04. The number of rotatable bonds is 8. The van der Waals surface area contributed by atoms with Gasteiger partial charge in [0, 0.05) is 33.4 Å². The highest BCUT2D eigenvalue weighted by molar-refractivity contribution is 6.09. The second-order valence-electron chi connectivity index (χ2n) is 14.1. The Morgan fingerprint density at radius 1 is 0.286 bits per heavy atom. The summed E-state index contributed by atoms with van der Waals surface area (Å²) in [6, 6.07) is 83.1. The molecule has 0 spiro atoms. The van der Waals surface area contributed by atoms with Crippen LogP contribution >= 0.6 is 0 Å². The molecule has 10 aromatic rings. The minimum absolute atomic E-state index is 1.09. The van der Waals surface area contributed by atoms with E-state index in [9.17, 15) is 0 Å². The average molecular weight is 715 g/mol. The van der Waals surface area contributed by atoms with E-state index in [1.165, 1.54) is 66.3 Å². The van der Waals surface area contributed by atoms with Crippen molar-refractivity contribution in [2.45, 2.75) is 0 Å². The van der Waals surface area contributed by atoms with Crippen LogP contribution in [0, 0.1) is 0 Å². The van der Waals surface area contributed by atoms with Crippen LogP contribution in [0.15, 0.2) is 231 Å². The molecule has 0 fully saturated rings. The molecule has 0 bridgehead atoms. The standard InChI is InChI=1S/C54H38N2/c1-4-17-39(18-5-1)40-31-33-44(34-32-40)55(52-28-13-10-25-48(52)41-19-6-2-7-20-41)46-35-36-47(51(38-46)42-21-8-3-9-22-42)43-23-16-24-45(37-43)56-53-29-14-11-26-49(53)50-27-12-15-30-54(50)56/h1-38H. The van der Waals surface area contributed by atoms with Crippen molar-refractivity contribution in [1.82, 2.24) is 4.57 Å². The van der Waals surface area contributed by atoms with Crippen LogP contribution in [0.25, 0.3) is 72.0 Å². The molecule has 1 heterocycles. The summed E-state index contributed by atoms with van der Waals surface area (Å²) in [6.07, 6.45) is 0. The zero-order valence-corrected chi connectivity index (χ0v) is 30.8. The van der Waals surface area contributed by atoms with Gasteiger partial charge in [-0.1, -0.05) is 176 Å². The van der Waals surface area contributed by atoms with E-state index in [4.69, 9.17) is 0 Å². The van der Waals surface area contributed by atoms with Crippen molar-refractivity contribution in [2.75, 3.05) is 4.90 Å². The lowest BCUT2D eigenvalue weighted by atomic mass is 9.93. The lowest BCUT2D eigenvalue weighted by molar-refractivity contribution is 1.18. The van der Waals surface area contributed by atoms with Gasteiger partial charge in [-0.3, -0.25) is 0 Å². The van der Waals surface area contributed by atoms with E-state index in [0.29, 0.717) is 0 Å². The Kier molecular flexibility index (Phi) is 8.55. The minimum atomic E-state index is 1.09. The Morgan fingerprint density at radius 2 is 0.786 bits per heavy atom. The van der Waals surface area contributed by atoms with Gasteiger partial charge in [0.1, 0.15) is 0 Å². The van der Waals surface area contributed by atoms with Crippen LogP contribution in [0.3, 0.4) is 0 Å². The third-order valence-corrected chi connectivity index (χ3v) is 10.8. The topological polar surface area (TPSA) is 8.17 Å². The van der Waals surface area contributed by atoms with E-state index < -0.39 is 0 Å². The number of anilines is 3. The van der Waals surface area contributed by atoms with Crippen molar-refractivity contribution in [1.29, 1.82) is 0 Å². The van der Waals surface area contributed by atoms with Crippen molar-refractivity contribution in [3.05, 3.63) is 231 Å². The van der Waals surface area contributed by atoms with Gasteiger partial charge >= 0.3 is 0 Å². The lowest BCUT2D eigenvalue weighted by Gasteiger charge is -2.29. The molecule has 0 atom stereocenters. The number of hydrogen-bond acceptors (Lipinski definition) is 1. The van der Waals surface area contributed by atoms with Gasteiger partial charge < -0.3 is 9.47 Å². The molecule has 0 saturated heterocycles. The van der Waals surface area contributed by atoms with E-state index in [1.807, 2.05) is 0 Å². The molecular weight excluding hydrogens is 677 g/mol. The van der Waals surface area contributed by atoms with Gasteiger partial charge in [0.15, 0.2) is 0 Å². The Labute approximate surface area is 327 Å². The van der Waals surface area contributed by atoms with Gasteiger partial charge in [-0.2, -0.15) is 0 Å². The van der Waals surface area contributed by atoms with E-state index in [0.717, 1.165) is 22.7 Å². The number of benzene rings is 9. The molecule has 56 heavy (non-hydrogen) atoms. The summed E-state index contributed by atoms with van der Waals surface area (Å²) in [6.45, 7) is 0. The van der Waals surface area contributed by atoms with E-state index in [2.05, 4.69) is 240 Å². The van der Waals surface area contributed by atoms with Crippen molar-refractivity contribution in [3.63, 3.8) is 0 Å². The van der Waals surface area contributed by atoms with Gasteiger partial charge in [-0.15, -0.1) is 0 Å². The van der Waals surface area contributed by atoms with Crippen LogP contribution in [-0.4, -0.2) is 4.57 Å². The molecule has 0 amide bonds. The molecule has 2 nitrogen and oxygen atoms in total. The monoisotopic (exact) mass is 714 g/mol. The average Bonchev–Trinajstić information content (AvgIpc) is 3.62. The first-order chi connectivity index (χ1) is 27.8. The van der Waals surface area contributed by atoms with Gasteiger partial charge in [0.2, 0.25) is 0 Å². The highest BCUT2D eigenvalue weighted by Crippen LogP contribution is 2.44. The normalized spacial score (nSPS) is 11.2. The predicted molar refractivity (Wildman–Crippen MR) is 237 cm³/mol. The number of nitrogens with zero attached hydrogens (tertiary/aromatic N) is 2. The van der Waals surface area contributed by atoms with Gasteiger partial charge in [-0.05, 0) is 93.5 Å². The molecule has 2 heteroatoms. The summed E-state index contributed by atoms with van der Waals surface area (Å²) in [5, 5.41) is 2.52. The number of para-hydroxylation sites is 3. The fourth-order valence-corrected chi connectivity index (χ4v) is 8.18. The maximum atomic E-state index is 2.40. The number of fused-ring (bicyclic) bond motifs is 3. The molecule has 0 saturated carbocycles. The molecule has 0 radical (unpaired) electrons. The molecule has 10 rings (SSSR count). The highest BCUT2D eigenvalue weighted by Gasteiger charge is 2.20. The molecule has 1 aromatic heterocycles. The summed E-state index contributed by atoms with van der Waals surface area (Å²) in [7, 11) is 0. The molecule has 9 aromatic carbocycles. The van der Waals surface area contributed by atoms with Crippen molar-refractivity contribution >= 4 is 38.9 Å². The summed E-state index contributed by atoms with van der Waals surface area (Å²) in [5.41, 5.74) is 16.3. The van der Waals surface area contributed by atoms with Gasteiger partial charge in [0.05, 0.1) is 16.7 Å². The summed E-state index contributed by atoms with van der Waals surface area (Å²) in [4.78, 5) is 2.40.